The number of ether oxygens (including phenoxy) is 1. The van der Waals surface area contributed by atoms with E-state index in [4.69, 9.17) is 4.74 Å². The average molecular weight is 318 g/mol. The highest BCUT2D eigenvalue weighted by molar-refractivity contribution is 5.62. The van der Waals surface area contributed by atoms with Gasteiger partial charge in [-0.3, -0.25) is 10.00 Å². The number of halogens is 1. The Balaban J connectivity index is 1.54. The molecule has 2 N–H and O–H groups in total. The molecule has 1 aliphatic rings. The molecule has 0 saturated carbocycles. The van der Waals surface area contributed by atoms with Gasteiger partial charge in [0, 0.05) is 43.3 Å². The van der Waals surface area contributed by atoms with Crippen molar-refractivity contribution in [3.05, 3.63) is 41.8 Å². The second kappa shape index (κ2) is 7.68. The van der Waals surface area contributed by atoms with E-state index in [9.17, 15) is 4.39 Å². The van der Waals surface area contributed by atoms with E-state index in [2.05, 4.69) is 27.3 Å². The van der Waals surface area contributed by atoms with Crippen molar-refractivity contribution in [2.75, 3.05) is 32.8 Å². The molecule has 0 amide bonds. The van der Waals surface area contributed by atoms with E-state index in [1.807, 2.05) is 6.20 Å². The molecule has 1 aliphatic heterocycles. The van der Waals surface area contributed by atoms with E-state index in [1.165, 1.54) is 12.1 Å². The number of morpholine rings is 1. The number of aromatic nitrogens is 2. The number of nitrogens with zero attached hydrogens (tertiary/aromatic N) is 2. The van der Waals surface area contributed by atoms with Gasteiger partial charge in [-0.15, -0.1) is 0 Å². The molecule has 1 fully saturated rings. The predicted molar refractivity (Wildman–Crippen MR) is 87.5 cm³/mol. The van der Waals surface area contributed by atoms with Crippen LogP contribution in [0.3, 0.4) is 0 Å². The monoisotopic (exact) mass is 318 g/mol. The molecule has 0 radical (unpaired) electrons. The van der Waals surface area contributed by atoms with Gasteiger partial charge in [0.25, 0.3) is 0 Å². The summed E-state index contributed by atoms with van der Waals surface area (Å²) in [5, 5.41) is 10.6. The Kier molecular flexibility index (Phi) is 5.38. The first-order chi connectivity index (χ1) is 11.2. The van der Waals surface area contributed by atoms with E-state index in [0.29, 0.717) is 6.04 Å². The normalized spacial score (nSPS) is 17.3. The van der Waals surface area contributed by atoms with Crippen molar-refractivity contribution in [1.82, 2.24) is 20.4 Å². The Labute approximate surface area is 135 Å². The Hall–Kier alpha value is -1.76. The highest BCUT2D eigenvalue weighted by atomic mass is 19.1. The molecule has 0 spiro atoms. The van der Waals surface area contributed by atoms with Gasteiger partial charge in [0.2, 0.25) is 0 Å². The second-order valence-corrected chi connectivity index (χ2v) is 5.91. The largest absolute Gasteiger partial charge is 0.379 e. The van der Waals surface area contributed by atoms with Crippen LogP contribution >= 0.6 is 0 Å². The molecule has 1 unspecified atom stereocenters. The maximum atomic E-state index is 13.0. The Morgan fingerprint density at radius 3 is 2.78 bits per heavy atom. The van der Waals surface area contributed by atoms with Crippen molar-refractivity contribution >= 4 is 0 Å². The molecule has 6 heteroatoms. The van der Waals surface area contributed by atoms with Crippen LogP contribution in [0.1, 0.15) is 12.5 Å². The standard InChI is InChI=1S/C17H23FN4O/c1-13(22-6-8-23-9-7-22)10-19-11-15-12-20-21-17(15)14-2-4-16(18)5-3-14/h2-5,12-13,19H,6-11H2,1H3,(H,20,21). The molecule has 1 aromatic carbocycles. The Morgan fingerprint density at radius 1 is 1.30 bits per heavy atom. The van der Waals surface area contributed by atoms with Crippen molar-refractivity contribution < 1.29 is 9.13 Å². The minimum Gasteiger partial charge on any atom is -0.379 e. The van der Waals surface area contributed by atoms with Gasteiger partial charge >= 0.3 is 0 Å². The van der Waals surface area contributed by atoms with Crippen LogP contribution in [0.4, 0.5) is 4.39 Å². The number of nitrogens with one attached hydrogen (secondary N) is 2. The van der Waals surface area contributed by atoms with Gasteiger partial charge in [-0.2, -0.15) is 5.10 Å². The van der Waals surface area contributed by atoms with Gasteiger partial charge in [0.05, 0.1) is 25.1 Å². The lowest BCUT2D eigenvalue weighted by Gasteiger charge is -2.32. The molecule has 1 saturated heterocycles. The van der Waals surface area contributed by atoms with Gasteiger partial charge in [-0.25, -0.2) is 4.39 Å². The highest BCUT2D eigenvalue weighted by Gasteiger charge is 2.16. The molecule has 3 rings (SSSR count). The third kappa shape index (κ3) is 4.16. The quantitative estimate of drug-likeness (QED) is 0.856. The molecular formula is C17H23FN4O. The molecule has 124 valence electrons. The Bertz CT molecular complexity index is 607. The molecule has 23 heavy (non-hydrogen) atoms. The van der Waals surface area contributed by atoms with E-state index >= 15 is 0 Å². The summed E-state index contributed by atoms with van der Waals surface area (Å²) < 4.78 is 18.4. The van der Waals surface area contributed by atoms with Gasteiger partial charge in [0.1, 0.15) is 5.82 Å². The maximum Gasteiger partial charge on any atom is 0.123 e. The molecule has 0 aliphatic carbocycles. The average Bonchev–Trinajstić information content (AvgIpc) is 3.05. The van der Waals surface area contributed by atoms with Crippen molar-refractivity contribution in [2.24, 2.45) is 0 Å². The zero-order valence-corrected chi connectivity index (χ0v) is 13.4. The number of hydrogen-bond acceptors (Lipinski definition) is 4. The first-order valence-electron chi connectivity index (χ1n) is 8.05. The lowest BCUT2D eigenvalue weighted by Crippen LogP contribution is -2.46. The Morgan fingerprint density at radius 2 is 2.04 bits per heavy atom. The number of hydrogen-bond donors (Lipinski definition) is 2. The fraction of sp³-hybridized carbons (Fsp3) is 0.471. The van der Waals surface area contributed by atoms with E-state index in [-0.39, 0.29) is 5.82 Å². The van der Waals surface area contributed by atoms with Gasteiger partial charge in [-0.05, 0) is 31.2 Å². The second-order valence-electron chi connectivity index (χ2n) is 5.91. The smallest absolute Gasteiger partial charge is 0.123 e. The van der Waals surface area contributed by atoms with Crippen LogP contribution in [0.2, 0.25) is 0 Å². The van der Waals surface area contributed by atoms with Crippen molar-refractivity contribution in [2.45, 2.75) is 19.5 Å². The van der Waals surface area contributed by atoms with Crippen molar-refractivity contribution in [3.63, 3.8) is 0 Å². The lowest BCUT2D eigenvalue weighted by molar-refractivity contribution is 0.0203. The minimum atomic E-state index is -0.229. The SMILES string of the molecule is CC(CNCc1cn[nH]c1-c1ccc(F)cc1)N1CCOCC1. The van der Waals surface area contributed by atoms with E-state index < -0.39 is 0 Å². The molecule has 1 atom stereocenters. The summed E-state index contributed by atoms with van der Waals surface area (Å²) in [6, 6.07) is 6.94. The summed E-state index contributed by atoms with van der Waals surface area (Å²) in [7, 11) is 0. The molecule has 5 nitrogen and oxygen atoms in total. The first kappa shape index (κ1) is 16.1. The predicted octanol–water partition coefficient (Wildman–Crippen LogP) is 2.03. The summed E-state index contributed by atoms with van der Waals surface area (Å²) in [6.07, 6.45) is 1.82. The van der Waals surface area contributed by atoms with Crippen LogP contribution in [0.15, 0.2) is 30.5 Å². The van der Waals surface area contributed by atoms with Gasteiger partial charge in [0.15, 0.2) is 0 Å². The van der Waals surface area contributed by atoms with Gasteiger partial charge in [-0.1, -0.05) is 0 Å². The maximum absolute atomic E-state index is 13.0. The summed E-state index contributed by atoms with van der Waals surface area (Å²) in [5.74, 6) is -0.229. The van der Waals surface area contributed by atoms with Crippen LogP contribution in [0.25, 0.3) is 11.3 Å². The van der Waals surface area contributed by atoms with Crippen LogP contribution in [-0.4, -0.2) is 54.0 Å². The molecule has 2 aromatic rings. The molecular weight excluding hydrogens is 295 g/mol. The summed E-state index contributed by atoms with van der Waals surface area (Å²) >= 11 is 0. The van der Waals surface area contributed by atoms with E-state index in [1.54, 1.807) is 12.1 Å². The van der Waals surface area contributed by atoms with Crippen LogP contribution in [-0.2, 0) is 11.3 Å². The fourth-order valence-corrected chi connectivity index (χ4v) is 2.87. The summed E-state index contributed by atoms with van der Waals surface area (Å²) in [4.78, 5) is 2.44. The minimum absolute atomic E-state index is 0.229. The van der Waals surface area contributed by atoms with Crippen molar-refractivity contribution in [3.8, 4) is 11.3 Å². The fourth-order valence-electron chi connectivity index (χ4n) is 2.87. The van der Waals surface area contributed by atoms with Crippen LogP contribution in [0, 0.1) is 5.82 Å². The topological polar surface area (TPSA) is 53.2 Å². The number of benzene rings is 1. The summed E-state index contributed by atoms with van der Waals surface area (Å²) in [6.45, 7) is 7.51. The van der Waals surface area contributed by atoms with E-state index in [0.717, 1.165) is 56.2 Å². The van der Waals surface area contributed by atoms with Crippen molar-refractivity contribution in [1.29, 1.82) is 0 Å². The number of aromatic amines is 1. The third-order valence-electron chi connectivity index (χ3n) is 4.27. The first-order valence-corrected chi connectivity index (χ1v) is 8.05. The number of H-pyrrole nitrogens is 1. The highest BCUT2D eigenvalue weighted by Crippen LogP contribution is 2.21. The zero-order valence-electron chi connectivity index (χ0n) is 13.4. The van der Waals surface area contributed by atoms with Crippen LogP contribution in [0.5, 0.6) is 0 Å². The summed E-state index contributed by atoms with van der Waals surface area (Å²) in [5.41, 5.74) is 2.98. The zero-order chi connectivity index (χ0) is 16.1. The van der Waals surface area contributed by atoms with Crippen LogP contribution < -0.4 is 5.32 Å². The van der Waals surface area contributed by atoms with Gasteiger partial charge < -0.3 is 10.1 Å². The number of rotatable bonds is 6. The molecule has 2 heterocycles. The lowest BCUT2D eigenvalue weighted by atomic mass is 10.1. The third-order valence-corrected chi connectivity index (χ3v) is 4.27. The molecule has 1 aromatic heterocycles. The molecule has 0 bridgehead atoms.